The number of rotatable bonds is 1. The van der Waals surface area contributed by atoms with E-state index in [-0.39, 0.29) is 0 Å². The second kappa shape index (κ2) is 4.61. The van der Waals surface area contributed by atoms with Crippen LogP contribution in [0.2, 0.25) is 0 Å². The maximum atomic E-state index is 4.55. The van der Waals surface area contributed by atoms with Crippen molar-refractivity contribution in [1.29, 1.82) is 0 Å². The van der Waals surface area contributed by atoms with Gasteiger partial charge in [-0.3, -0.25) is 4.99 Å². The van der Waals surface area contributed by atoms with Gasteiger partial charge < -0.3 is 15.5 Å². The first kappa shape index (κ1) is 11.5. The minimum Gasteiger partial charge on any atom is -0.368 e. The molecule has 3 rings (SSSR count). The first-order valence-electron chi connectivity index (χ1n) is 5.88. The molecule has 1 aromatic rings. The lowest BCUT2D eigenvalue weighted by molar-refractivity contribution is 0.942. The Balaban J connectivity index is 2.03. The van der Waals surface area contributed by atoms with Crippen LogP contribution in [-0.2, 0) is 0 Å². The average molecular weight is 308 g/mol. The van der Waals surface area contributed by atoms with E-state index in [0.29, 0.717) is 0 Å². The Morgan fingerprint density at radius 2 is 2.11 bits per heavy atom. The van der Waals surface area contributed by atoms with E-state index in [1.165, 1.54) is 0 Å². The van der Waals surface area contributed by atoms with Gasteiger partial charge in [-0.1, -0.05) is 0 Å². The van der Waals surface area contributed by atoms with Crippen molar-refractivity contribution in [2.24, 2.45) is 9.98 Å². The van der Waals surface area contributed by atoms with Gasteiger partial charge in [0.15, 0.2) is 5.96 Å². The Kier molecular flexibility index (Phi) is 2.95. The van der Waals surface area contributed by atoms with Crippen LogP contribution >= 0.6 is 15.9 Å². The molecule has 0 saturated carbocycles. The summed E-state index contributed by atoms with van der Waals surface area (Å²) in [4.78, 5) is 11.2. The van der Waals surface area contributed by atoms with Crippen molar-refractivity contribution in [3.63, 3.8) is 0 Å². The molecule has 0 amide bonds. The molecule has 0 aliphatic carbocycles. The van der Waals surface area contributed by atoms with Crippen molar-refractivity contribution in [3.05, 3.63) is 16.6 Å². The first-order chi connectivity index (χ1) is 8.75. The number of hydrogen-bond acceptors (Lipinski definition) is 3. The number of guanidine groups is 1. The number of nitrogens with zero attached hydrogens (tertiary/aromatic N) is 3. The maximum absolute atomic E-state index is 4.55. The monoisotopic (exact) mass is 307 g/mol. The van der Waals surface area contributed by atoms with Crippen LogP contribution in [-0.4, -0.2) is 38.9 Å². The van der Waals surface area contributed by atoms with Gasteiger partial charge in [-0.25, -0.2) is 4.99 Å². The maximum Gasteiger partial charge on any atom is 0.196 e. The molecule has 1 saturated heterocycles. The first-order valence-corrected chi connectivity index (χ1v) is 6.67. The summed E-state index contributed by atoms with van der Waals surface area (Å²) in [7, 11) is 2.06. The molecule has 0 atom stereocenters. The largest absolute Gasteiger partial charge is 0.368 e. The standard InChI is InChI=1S/C12H14BrN5/c1-18-7-6-14-11-9(18)3-2-8(10(11)13)17-12-15-4-5-16-12/h2-3,6H,4-5,7H2,1H3,(H2,15,16,17). The van der Waals surface area contributed by atoms with Crippen molar-refractivity contribution in [2.45, 2.75) is 0 Å². The van der Waals surface area contributed by atoms with Gasteiger partial charge in [0.05, 0.1) is 22.4 Å². The van der Waals surface area contributed by atoms with Crippen LogP contribution in [0, 0.1) is 0 Å². The minimum absolute atomic E-state index is 0.823. The summed E-state index contributed by atoms with van der Waals surface area (Å²) < 4.78 is 0.936. The Morgan fingerprint density at radius 3 is 2.89 bits per heavy atom. The van der Waals surface area contributed by atoms with Gasteiger partial charge in [-0.2, -0.15) is 0 Å². The smallest absolute Gasteiger partial charge is 0.196 e. The normalized spacial score (nSPS) is 17.2. The third-order valence-electron chi connectivity index (χ3n) is 3.00. The molecule has 0 bridgehead atoms. The van der Waals surface area contributed by atoms with Crippen molar-refractivity contribution < 1.29 is 0 Å². The Bertz CT molecular complexity index is 530. The molecule has 0 spiro atoms. The molecule has 2 aliphatic heterocycles. The summed E-state index contributed by atoms with van der Waals surface area (Å²) in [6.45, 7) is 2.68. The molecule has 2 aliphatic rings. The molecular weight excluding hydrogens is 294 g/mol. The van der Waals surface area contributed by atoms with Crippen LogP contribution in [0.15, 0.2) is 26.6 Å². The van der Waals surface area contributed by atoms with Gasteiger partial charge in [0.2, 0.25) is 0 Å². The van der Waals surface area contributed by atoms with Crippen molar-refractivity contribution >= 4 is 45.2 Å². The number of benzene rings is 1. The van der Waals surface area contributed by atoms with E-state index in [1.807, 2.05) is 12.3 Å². The number of anilines is 1. The van der Waals surface area contributed by atoms with Crippen LogP contribution in [0.3, 0.4) is 0 Å². The highest BCUT2D eigenvalue weighted by Gasteiger charge is 2.16. The number of hydrogen-bond donors (Lipinski definition) is 2. The summed E-state index contributed by atoms with van der Waals surface area (Å²) in [6, 6.07) is 4.07. The number of aliphatic imine (C=N–C) groups is 2. The fourth-order valence-electron chi connectivity index (χ4n) is 2.04. The zero-order valence-electron chi connectivity index (χ0n) is 10.1. The van der Waals surface area contributed by atoms with Gasteiger partial charge in [0, 0.05) is 26.4 Å². The molecule has 0 unspecified atom stereocenters. The fraction of sp³-hybridized carbons (Fsp3) is 0.333. The molecule has 0 radical (unpaired) electrons. The van der Waals surface area contributed by atoms with E-state index < -0.39 is 0 Å². The van der Waals surface area contributed by atoms with Crippen LogP contribution in [0.4, 0.5) is 17.1 Å². The molecule has 18 heavy (non-hydrogen) atoms. The molecule has 1 aromatic carbocycles. The van der Waals surface area contributed by atoms with Crippen molar-refractivity contribution in [2.75, 3.05) is 31.6 Å². The highest BCUT2D eigenvalue weighted by atomic mass is 79.9. The number of fused-ring (bicyclic) bond motifs is 1. The Morgan fingerprint density at radius 1 is 1.33 bits per heavy atom. The van der Waals surface area contributed by atoms with Gasteiger partial charge in [-0.05, 0) is 28.1 Å². The lowest BCUT2D eigenvalue weighted by atomic mass is 10.2. The predicted octanol–water partition coefficient (Wildman–Crippen LogP) is 1.78. The highest BCUT2D eigenvalue weighted by molar-refractivity contribution is 9.10. The van der Waals surface area contributed by atoms with Gasteiger partial charge >= 0.3 is 0 Å². The fourth-order valence-corrected chi connectivity index (χ4v) is 2.56. The number of halogens is 1. The topological polar surface area (TPSA) is 52.0 Å². The highest BCUT2D eigenvalue weighted by Crippen LogP contribution is 2.42. The van der Waals surface area contributed by atoms with Crippen molar-refractivity contribution in [1.82, 2.24) is 10.6 Å². The molecule has 94 valence electrons. The molecule has 1 fully saturated rings. The second-order valence-electron chi connectivity index (χ2n) is 4.27. The lowest BCUT2D eigenvalue weighted by Gasteiger charge is -2.23. The van der Waals surface area contributed by atoms with Crippen LogP contribution in [0.25, 0.3) is 0 Å². The molecule has 2 N–H and O–H groups in total. The van der Waals surface area contributed by atoms with E-state index >= 15 is 0 Å². The van der Waals surface area contributed by atoms with Gasteiger partial charge in [0.1, 0.15) is 5.69 Å². The van der Waals surface area contributed by atoms with Gasteiger partial charge in [-0.15, -0.1) is 0 Å². The second-order valence-corrected chi connectivity index (χ2v) is 5.07. The Hall–Kier alpha value is -1.56. The molecule has 0 aromatic heterocycles. The van der Waals surface area contributed by atoms with Crippen molar-refractivity contribution in [3.8, 4) is 0 Å². The quantitative estimate of drug-likeness (QED) is 0.831. The van der Waals surface area contributed by atoms with E-state index in [4.69, 9.17) is 0 Å². The Labute approximate surface area is 114 Å². The summed E-state index contributed by atoms with van der Waals surface area (Å²) in [5.74, 6) is 0.823. The third-order valence-corrected chi connectivity index (χ3v) is 3.79. The zero-order chi connectivity index (χ0) is 12.5. The lowest BCUT2D eigenvalue weighted by Crippen LogP contribution is -2.23. The van der Waals surface area contributed by atoms with E-state index in [1.54, 1.807) is 0 Å². The molecular formula is C12H14BrN5. The predicted molar refractivity (Wildman–Crippen MR) is 78.7 cm³/mol. The van der Waals surface area contributed by atoms with Crippen LogP contribution < -0.4 is 15.5 Å². The molecule has 5 nitrogen and oxygen atoms in total. The van der Waals surface area contributed by atoms with E-state index in [2.05, 4.69) is 54.6 Å². The molecule has 2 heterocycles. The SMILES string of the molecule is CN1CC=Nc2c1ccc(N=C1NCCN1)c2Br. The van der Waals surface area contributed by atoms with E-state index in [9.17, 15) is 0 Å². The summed E-state index contributed by atoms with van der Waals surface area (Å²) >= 11 is 3.60. The molecule has 6 heteroatoms. The zero-order valence-corrected chi connectivity index (χ0v) is 11.7. The van der Waals surface area contributed by atoms with E-state index in [0.717, 1.165) is 47.1 Å². The summed E-state index contributed by atoms with van der Waals surface area (Å²) in [6.07, 6.45) is 1.91. The number of nitrogens with one attached hydrogen (secondary N) is 2. The summed E-state index contributed by atoms with van der Waals surface area (Å²) in [5.41, 5.74) is 2.96. The van der Waals surface area contributed by atoms with Gasteiger partial charge in [0.25, 0.3) is 0 Å². The van der Waals surface area contributed by atoms with Crippen LogP contribution in [0.1, 0.15) is 0 Å². The third kappa shape index (κ3) is 1.96. The average Bonchev–Trinajstić information content (AvgIpc) is 2.86. The minimum atomic E-state index is 0.823. The van der Waals surface area contributed by atoms with Crippen LogP contribution in [0.5, 0.6) is 0 Å². The summed E-state index contributed by atoms with van der Waals surface area (Å²) in [5, 5.41) is 6.38.